The van der Waals surface area contributed by atoms with Crippen molar-refractivity contribution in [1.82, 2.24) is 5.06 Å². The molecule has 4 heteroatoms. The van der Waals surface area contributed by atoms with Crippen LogP contribution in [-0.2, 0) is 14.4 Å². The van der Waals surface area contributed by atoms with E-state index in [2.05, 4.69) is 0 Å². The van der Waals surface area contributed by atoms with E-state index in [9.17, 15) is 9.59 Å². The first-order chi connectivity index (χ1) is 6.34. The number of hydrogen-bond acceptors (Lipinski definition) is 4. The van der Waals surface area contributed by atoms with Gasteiger partial charge >= 0.3 is 5.97 Å². The number of carbonyl (C=O) groups excluding carboxylic acids is 2. The molecule has 0 saturated carbocycles. The lowest BCUT2D eigenvalue weighted by Gasteiger charge is -2.28. The van der Waals surface area contributed by atoms with Crippen LogP contribution in [0.25, 0.3) is 0 Å². The second kappa shape index (κ2) is 5.75. The summed E-state index contributed by atoms with van der Waals surface area (Å²) in [5, 5.41) is 1.59. The van der Waals surface area contributed by atoms with Gasteiger partial charge in [-0.05, 0) is 34.6 Å². The maximum Gasteiger partial charge on any atom is 0.332 e. The molecular formula is C10H19NO3. The number of hydroxylamine groups is 2. The second-order valence-corrected chi connectivity index (χ2v) is 3.89. The molecule has 0 aliphatic rings. The summed E-state index contributed by atoms with van der Waals surface area (Å²) in [6, 6.07) is 0.233. The number of ketones is 1. The normalized spacial score (nSPS) is 11.1. The van der Waals surface area contributed by atoms with Gasteiger partial charge in [0.2, 0.25) is 0 Å². The lowest BCUT2D eigenvalue weighted by atomic mass is 10.3. The monoisotopic (exact) mass is 201 g/mol. The SMILES string of the molecule is CC(=O)CC(=O)ON(C(C)C)C(C)C. The first-order valence-electron chi connectivity index (χ1n) is 4.83. The highest BCUT2D eigenvalue weighted by molar-refractivity contribution is 5.93. The van der Waals surface area contributed by atoms with Crippen LogP contribution in [0.5, 0.6) is 0 Å². The quantitative estimate of drug-likeness (QED) is 0.500. The summed E-state index contributed by atoms with van der Waals surface area (Å²) in [5.41, 5.74) is 0. The summed E-state index contributed by atoms with van der Waals surface area (Å²) in [6.07, 6.45) is -0.157. The molecule has 0 aliphatic heterocycles. The van der Waals surface area contributed by atoms with Crippen LogP contribution < -0.4 is 0 Å². The van der Waals surface area contributed by atoms with E-state index in [0.29, 0.717) is 0 Å². The summed E-state index contributed by atoms with van der Waals surface area (Å²) >= 11 is 0. The molecule has 0 saturated heterocycles. The van der Waals surface area contributed by atoms with Gasteiger partial charge in [-0.25, -0.2) is 4.79 Å². The molecule has 0 N–H and O–H groups in total. The Kier molecular flexibility index (Phi) is 5.38. The highest BCUT2D eigenvalue weighted by Gasteiger charge is 2.19. The molecule has 0 bridgehead atoms. The fraction of sp³-hybridized carbons (Fsp3) is 0.800. The molecule has 0 aromatic heterocycles. The van der Waals surface area contributed by atoms with E-state index in [1.54, 1.807) is 5.06 Å². The molecule has 0 aromatic carbocycles. The van der Waals surface area contributed by atoms with Crippen LogP contribution in [0.3, 0.4) is 0 Å². The fourth-order valence-electron chi connectivity index (χ4n) is 1.16. The van der Waals surface area contributed by atoms with E-state index < -0.39 is 5.97 Å². The summed E-state index contributed by atoms with van der Waals surface area (Å²) in [7, 11) is 0. The van der Waals surface area contributed by atoms with Crippen molar-refractivity contribution in [3.8, 4) is 0 Å². The Balaban J connectivity index is 4.17. The Hall–Kier alpha value is -0.900. The van der Waals surface area contributed by atoms with Gasteiger partial charge in [-0.2, -0.15) is 0 Å². The first-order valence-corrected chi connectivity index (χ1v) is 4.83. The highest BCUT2D eigenvalue weighted by Crippen LogP contribution is 2.06. The first kappa shape index (κ1) is 13.1. The van der Waals surface area contributed by atoms with Gasteiger partial charge in [-0.3, -0.25) is 4.79 Å². The molecule has 0 heterocycles. The van der Waals surface area contributed by atoms with Gasteiger partial charge in [0.15, 0.2) is 0 Å². The topological polar surface area (TPSA) is 46.6 Å². The fourth-order valence-corrected chi connectivity index (χ4v) is 1.16. The van der Waals surface area contributed by atoms with Crippen molar-refractivity contribution in [2.75, 3.05) is 0 Å². The maximum absolute atomic E-state index is 11.2. The third-order valence-corrected chi connectivity index (χ3v) is 1.62. The summed E-state index contributed by atoms with van der Waals surface area (Å²) < 4.78 is 0. The molecule has 0 spiro atoms. The predicted octanol–water partition coefficient (Wildman–Crippen LogP) is 1.54. The summed E-state index contributed by atoms with van der Waals surface area (Å²) in [6.45, 7) is 9.10. The molecule has 0 atom stereocenters. The largest absolute Gasteiger partial charge is 0.367 e. The Morgan fingerprint density at radius 3 is 1.86 bits per heavy atom. The van der Waals surface area contributed by atoms with Crippen LogP contribution in [0.2, 0.25) is 0 Å². The standard InChI is InChI=1S/C10H19NO3/c1-7(2)11(8(3)4)14-10(13)6-9(5)12/h7-8H,6H2,1-5H3. The number of nitrogens with zero attached hydrogens (tertiary/aromatic N) is 1. The molecule has 0 aromatic rings. The van der Waals surface area contributed by atoms with Crippen molar-refractivity contribution in [2.24, 2.45) is 0 Å². The Labute approximate surface area is 85.2 Å². The van der Waals surface area contributed by atoms with Crippen LogP contribution >= 0.6 is 0 Å². The minimum atomic E-state index is -0.486. The van der Waals surface area contributed by atoms with E-state index in [4.69, 9.17) is 4.84 Å². The number of hydrogen-bond donors (Lipinski definition) is 0. The molecule has 0 aliphatic carbocycles. The summed E-state index contributed by atoms with van der Waals surface area (Å²) in [5.74, 6) is -0.664. The van der Waals surface area contributed by atoms with Crippen LogP contribution in [0.1, 0.15) is 41.0 Å². The third kappa shape index (κ3) is 4.97. The van der Waals surface area contributed by atoms with Crippen molar-refractivity contribution in [3.63, 3.8) is 0 Å². The van der Waals surface area contributed by atoms with Gasteiger partial charge in [-0.15, -0.1) is 5.06 Å². The molecule has 14 heavy (non-hydrogen) atoms. The number of Topliss-reactive ketones (excluding diaryl/α,β-unsaturated/α-hetero) is 1. The van der Waals surface area contributed by atoms with Gasteiger partial charge in [0.05, 0.1) is 0 Å². The molecular weight excluding hydrogens is 182 g/mol. The molecule has 0 amide bonds. The molecule has 82 valence electrons. The highest BCUT2D eigenvalue weighted by atomic mass is 16.7. The zero-order valence-electron chi connectivity index (χ0n) is 9.53. The molecule has 0 fully saturated rings. The van der Waals surface area contributed by atoms with E-state index in [-0.39, 0.29) is 24.3 Å². The number of rotatable bonds is 5. The Morgan fingerprint density at radius 2 is 1.57 bits per heavy atom. The summed E-state index contributed by atoms with van der Waals surface area (Å²) in [4.78, 5) is 26.9. The van der Waals surface area contributed by atoms with Crippen molar-refractivity contribution in [2.45, 2.75) is 53.1 Å². The molecule has 0 rings (SSSR count). The minimum Gasteiger partial charge on any atom is -0.367 e. The van der Waals surface area contributed by atoms with Gasteiger partial charge in [0.25, 0.3) is 0 Å². The number of carbonyl (C=O) groups is 2. The molecule has 0 radical (unpaired) electrons. The molecule has 0 unspecified atom stereocenters. The molecule has 4 nitrogen and oxygen atoms in total. The second-order valence-electron chi connectivity index (χ2n) is 3.89. The van der Waals surface area contributed by atoms with E-state index in [0.717, 1.165) is 0 Å². The van der Waals surface area contributed by atoms with Crippen molar-refractivity contribution < 1.29 is 14.4 Å². The Morgan fingerprint density at radius 1 is 1.14 bits per heavy atom. The van der Waals surface area contributed by atoms with Crippen LogP contribution in [0.15, 0.2) is 0 Å². The minimum absolute atomic E-state index is 0.117. The predicted molar refractivity (Wildman–Crippen MR) is 53.5 cm³/mol. The average Bonchev–Trinajstić information content (AvgIpc) is 1.97. The van der Waals surface area contributed by atoms with E-state index in [1.807, 2.05) is 27.7 Å². The smallest absolute Gasteiger partial charge is 0.332 e. The Bertz CT molecular complexity index is 203. The van der Waals surface area contributed by atoms with Crippen molar-refractivity contribution in [3.05, 3.63) is 0 Å². The van der Waals surface area contributed by atoms with Gasteiger partial charge in [0, 0.05) is 12.1 Å². The van der Waals surface area contributed by atoms with Gasteiger partial charge in [0.1, 0.15) is 12.2 Å². The lowest BCUT2D eigenvalue weighted by molar-refractivity contribution is -0.208. The van der Waals surface area contributed by atoms with E-state index >= 15 is 0 Å². The van der Waals surface area contributed by atoms with Crippen LogP contribution in [-0.4, -0.2) is 28.9 Å². The van der Waals surface area contributed by atoms with Crippen molar-refractivity contribution >= 4 is 11.8 Å². The maximum atomic E-state index is 11.2. The van der Waals surface area contributed by atoms with Crippen LogP contribution in [0, 0.1) is 0 Å². The van der Waals surface area contributed by atoms with E-state index in [1.165, 1.54) is 6.92 Å². The zero-order chi connectivity index (χ0) is 11.3. The zero-order valence-corrected chi connectivity index (χ0v) is 9.53. The van der Waals surface area contributed by atoms with Gasteiger partial charge < -0.3 is 4.84 Å². The van der Waals surface area contributed by atoms with Gasteiger partial charge in [-0.1, -0.05) is 0 Å². The van der Waals surface area contributed by atoms with Crippen LogP contribution in [0.4, 0.5) is 0 Å². The lowest BCUT2D eigenvalue weighted by Crippen LogP contribution is -2.39. The third-order valence-electron chi connectivity index (χ3n) is 1.62. The average molecular weight is 201 g/mol. The van der Waals surface area contributed by atoms with Crippen molar-refractivity contribution in [1.29, 1.82) is 0 Å².